The van der Waals surface area contributed by atoms with Crippen molar-refractivity contribution in [3.63, 3.8) is 0 Å². The Balaban J connectivity index is 1.09. The minimum Gasteiger partial charge on any atom is -0.309 e. The molecule has 0 N–H and O–H groups in total. The Hall–Kier alpha value is -7.42. The minimum absolute atomic E-state index is 0.0870. The zero-order valence-corrected chi connectivity index (χ0v) is 33.0. The third-order valence-electron chi connectivity index (χ3n) is 12.9. The Kier molecular flexibility index (Phi) is 7.31. The molecule has 2 heterocycles. The molecule has 59 heavy (non-hydrogen) atoms. The summed E-state index contributed by atoms with van der Waals surface area (Å²) < 4.78 is 4.80. The van der Waals surface area contributed by atoms with Gasteiger partial charge in [0.1, 0.15) is 0 Å². The molecule has 0 fully saturated rings. The third kappa shape index (κ3) is 5.13. The van der Waals surface area contributed by atoms with Crippen LogP contribution in [-0.2, 0) is 5.41 Å². The van der Waals surface area contributed by atoms with Gasteiger partial charge in [0.2, 0.25) is 0 Å². The summed E-state index contributed by atoms with van der Waals surface area (Å²) in [6.45, 7) is 4.73. The number of aromatic nitrogens is 2. The highest BCUT2D eigenvalue weighted by atomic mass is 15.0. The molecule has 9 aromatic carbocycles. The van der Waals surface area contributed by atoms with Crippen LogP contribution in [0.2, 0.25) is 0 Å². The smallest absolute Gasteiger partial charge is 0.0547 e. The summed E-state index contributed by atoms with van der Waals surface area (Å²) in [7, 11) is 0. The fourth-order valence-electron chi connectivity index (χ4n) is 10.0. The van der Waals surface area contributed by atoms with Crippen LogP contribution in [-0.4, -0.2) is 9.13 Å². The van der Waals surface area contributed by atoms with E-state index >= 15 is 0 Å². The molecule has 12 rings (SSSR count). The second-order valence-corrected chi connectivity index (χ2v) is 16.6. The van der Waals surface area contributed by atoms with Gasteiger partial charge < -0.3 is 9.13 Å². The predicted molar refractivity (Wildman–Crippen MR) is 249 cm³/mol. The predicted octanol–water partition coefficient (Wildman–Crippen LogP) is 15.2. The summed E-state index contributed by atoms with van der Waals surface area (Å²) in [6, 6.07) is 76.3. The van der Waals surface area contributed by atoms with E-state index in [1.54, 1.807) is 0 Å². The summed E-state index contributed by atoms with van der Waals surface area (Å²) in [5.74, 6) is 0. The number of hydrogen-bond acceptors (Lipinski definition) is 0. The fraction of sp³-hybridized carbons (Fsp3) is 0.0526. The van der Waals surface area contributed by atoms with Crippen molar-refractivity contribution in [2.45, 2.75) is 19.3 Å². The van der Waals surface area contributed by atoms with Crippen molar-refractivity contribution in [1.29, 1.82) is 0 Å². The van der Waals surface area contributed by atoms with Crippen LogP contribution in [0.4, 0.5) is 0 Å². The average Bonchev–Trinajstić information content (AvgIpc) is 3.89. The lowest BCUT2D eigenvalue weighted by atomic mass is 9.81. The van der Waals surface area contributed by atoms with Gasteiger partial charge in [-0.3, -0.25) is 0 Å². The van der Waals surface area contributed by atoms with Gasteiger partial charge in [-0.25, -0.2) is 0 Å². The lowest BCUT2D eigenvalue weighted by Crippen LogP contribution is -2.14. The zero-order valence-electron chi connectivity index (χ0n) is 33.0. The van der Waals surface area contributed by atoms with E-state index in [1.165, 1.54) is 105 Å². The molecule has 0 amide bonds. The normalized spacial score (nSPS) is 13.1. The van der Waals surface area contributed by atoms with Gasteiger partial charge in [0.25, 0.3) is 0 Å². The molecule has 2 aromatic heterocycles. The first-order valence-corrected chi connectivity index (χ1v) is 20.6. The summed E-state index contributed by atoms with van der Waals surface area (Å²) in [6.07, 6.45) is 0. The van der Waals surface area contributed by atoms with Crippen molar-refractivity contribution in [3.8, 4) is 55.9 Å². The van der Waals surface area contributed by atoms with Crippen molar-refractivity contribution in [2.24, 2.45) is 0 Å². The summed E-state index contributed by atoms with van der Waals surface area (Å²) in [5.41, 5.74) is 19.8. The number of hydrogen-bond donors (Lipinski definition) is 0. The van der Waals surface area contributed by atoms with Crippen LogP contribution in [0.3, 0.4) is 0 Å². The van der Waals surface area contributed by atoms with E-state index in [2.05, 4.69) is 229 Å². The van der Waals surface area contributed by atoms with E-state index < -0.39 is 0 Å². The highest BCUT2D eigenvalue weighted by Gasteiger charge is 2.35. The van der Waals surface area contributed by atoms with Crippen molar-refractivity contribution >= 4 is 43.6 Å². The Morgan fingerprint density at radius 2 is 0.746 bits per heavy atom. The lowest BCUT2D eigenvalue weighted by Gasteiger charge is -2.22. The zero-order chi connectivity index (χ0) is 39.2. The maximum atomic E-state index is 2.45. The molecule has 1 aliphatic rings. The molecule has 11 aromatic rings. The number of para-hydroxylation sites is 4. The number of fused-ring (bicyclic) bond motifs is 9. The molecule has 0 radical (unpaired) electrons. The van der Waals surface area contributed by atoms with Gasteiger partial charge in [0.05, 0.1) is 22.1 Å². The van der Waals surface area contributed by atoms with Gasteiger partial charge in [-0.1, -0.05) is 141 Å². The van der Waals surface area contributed by atoms with Crippen LogP contribution >= 0.6 is 0 Å². The van der Waals surface area contributed by atoms with Crippen molar-refractivity contribution in [3.05, 3.63) is 217 Å². The van der Waals surface area contributed by atoms with Crippen LogP contribution in [0.25, 0.3) is 99.5 Å². The first-order chi connectivity index (χ1) is 29.0. The molecule has 0 unspecified atom stereocenters. The molecule has 0 atom stereocenters. The Labute approximate surface area is 343 Å². The van der Waals surface area contributed by atoms with Gasteiger partial charge in [-0.05, 0) is 134 Å². The third-order valence-corrected chi connectivity index (χ3v) is 12.9. The van der Waals surface area contributed by atoms with Crippen LogP contribution in [0.5, 0.6) is 0 Å². The first-order valence-electron chi connectivity index (χ1n) is 20.6. The van der Waals surface area contributed by atoms with E-state index in [0.717, 1.165) is 5.69 Å². The van der Waals surface area contributed by atoms with Gasteiger partial charge in [0, 0.05) is 38.3 Å². The lowest BCUT2D eigenvalue weighted by molar-refractivity contribution is 0.660. The number of nitrogens with zero attached hydrogens (tertiary/aromatic N) is 2. The molecule has 0 bridgehead atoms. The molecule has 0 aliphatic heterocycles. The van der Waals surface area contributed by atoms with Gasteiger partial charge in [0.15, 0.2) is 0 Å². The van der Waals surface area contributed by atoms with E-state index in [-0.39, 0.29) is 5.41 Å². The molecule has 0 saturated carbocycles. The Bertz CT molecular complexity index is 3450. The van der Waals surface area contributed by atoms with E-state index in [4.69, 9.17) is 0 Å². The van der Waals surface area contributed by atoms with Crippen molar-refractivity contribution in [1.82, 2.24) is 9.13 Å². The Morgan fingerprint density at radius 1 is 0.288 bits per heavy atom. The molecule has 2 heteroatoms. The average molecular weight is 753 g/mol. The SMILES string of the molecule is CC1(C)c2ccccc2-c2ccc(-c3cc(-c4ccc5c(c4)c4ccccc4n5-c4ccccc4)cc(-c4ccc5c6ccccc6n(-c6ccccc6)c5c4)c3)cc21. The van der Waals surface area contributed by atoms with Crippen LogP contribution in [0, 0.1) is 0 Å². The monoisotopic (exact) mass is 752 g/mol. The van der Waals surface area contributed by atoms with Crippen molar-refractivity contribution in [2.75, 3.05) is 0 Å². The molecular weight excluding hydrogens is 713 g/mol. The highest BCUT2D eigenvalue weighted by Crippen LogP contribution is 2.50. The first kappa shape index (κ1) is 33.7. The van der Waals surface area contributed by atoms with Gasteiger partial charge in [-0.15, -0.1) is 0 Å². The summed E-state index contributed by atoms with van der Waals surface area (Å²) in [5, 5.41) is 5.02. The molecule has 0 saturated heterocycles. The molecule has 2 nitrogen and oxygen atoms in total. The van der Waals surface area contributed by atoms with Crippen LogP contribution in [0.1, 0.15) is 25.0 Å². The van der Waals surface area contributed by atoms with Crippen LogP contribution in [0.15, 0.2) is 206 Å². The molecule has 278 valence electrons. The second kappa shape index (κ2) is 12.8. The fourth-order valence-corrected chi connectivity index (χ4v) is 10.0. The quantitative estimate of drug-likeness (QED) is 0.166. The van der Waals surface area contributed by atoms with Crippen molar-refractivity contribution < 1.29 is 0 Å². The number of benzene rings is 9. The van der Waals surface area contributed by atoms with Gasteiger partial charge in [-0.2, -0.15) is 0 Å². The summed E-state index contributed by atoms with van der Waals surface area (Å²) >= 11 is 0. The van der Waals surface area contributed by atoms with E-state index in [0.29, 0.717) is 0 Å². The Morgan fingerprint density at radius 3 is 1.42 bits per heavy atom. The largest absolute Gasteiger partial charge is 0.309 e. The molecular formula is C57H40N2. The standard InChI is InChI=1S/C57H40N2/c1-57(2)51-22-12-9-19-45(51)46-28-25-38(35-52(46)57)41-31-40(37-27-30-55-50(34-37)48-21-11-14-24-54(48)58(55)43-15-5-3-6-16-43)32-42(33-41)39-26-29-49-47-20-10-13-23-53(47)59(56(49)36-39)44-17-7-4-8-18-44/h3-36H,1-2H3. The molecule has 0 spiro atoms. The summed E-state index contributed by atoms with van der Waals surface area (Å²) in [4.78, 5) is 0. The molecule has 1 aliphatic carbocycles. The van der Waals surface area contributed by atoms with Crippen LogP contribution < -0.4 is 0 Å². The van der Waals surface area contributed by atoms with E-state index in [1.807, 2.05) is 0 Å². The van der Waals surface area contributed by atoms with Gasteiger partial charge >= 0.3 is 0 Å². The highest BCUT2D eigenvalue weighted by molar-refractivity contribution is 6.12. The second-order valence-electron chi connectivity index (χ2n) is 16.6. The topological polar surface area (TPSA) is 9.86 Å². The number of rotatable bonds is 5. The maximum absolute atomic E-state index is 2.45. The minimum atomic E-state index is -0.0870. The maximum Gasteiger partial charge on any atom is 0.0547 e. The van der Waals surface area contributed by atoms with E-state index in [9.17, 15) is 0 Å².